The number of benzene rings is 2. The molecule has 29 heavy (non-hydrogen) atoms. The fourth-order valence-electron chi connectivity index (χ4n) is 3.37. The van der Waals surface area contributed by atoms with Crippen molar-refractivity contribution in [2.75, 3.05) is 41.3 Å². The molecular weight excluding hydrogens is 362 g/mol. The summed E-state index contributed by atoms with van der Waals surface area (Å²) in [6, 6.07) is 22.9. The number of carbonyl (C=O) groups is 1. The lowest BCUT2D eigenvalue weighted by molar-refractivity contribution is 0.102. The molecule has 1 aliphatic rings. The van der Waals surface area contributed by atoms with Crippen molar-refractivity contribution in [3.05, 3.63) is 84.1 Å². The molecule has 1 N–H and O–H groups in total. The van der Waals surface area contributed by atoms with Crippen LogP contribution in [-0.2, 0) is 0 Å². The van der Waals surface area contributed by atoms with E-state index in [1.807, 2.05) is 12.1 Å². The summed E-state index contributed by atoms with van der Waals surface area (Å²) >= 11 is 0. The lowest BCUT2D eigenvalue weighted by atomic mass is 10.2. The first-order chi connectivity index (χ1) is 14.2. The second-order valence-electron chi connectivity index (χ2n) is 6.86. The van der Waals surface area contributed by atoms with Crippen LogP contribution in [0.1, 0.15) is 15.9 Å². The van der Waals surface area contributed by atoms with Gasteiger partial charge in [0.15, 0.2) is 0 Å². The molecule has 0 aliphatic carbocycles. The van der Waals surface area contributed by atoms with Crippen LogP contribution in [0.5, 0.6) is 0 Å². The number of nitrogens with zero attached hydrogens (tertiary/aromatic N) is 4. The highest BCUT2D eigenvalue weighted by Crippen LogP contribution is 2.19. The first-order valence-electron chi connectivity index (χ1n) is 9.55. The minimum absolute atomic E-state index is 0.220. The van der Waals surface area contributed by atoms with Gasteiger partial charge in [0.25, 0.3) is 5.91 Å². The highest BCUT2D eigenvalue weighted by atomic mass is 16.1. The van der Waals surface area contributed by atoms with E-state index in [1.165, 1.54) is 5.69 Å². The minimum atomic E-state index is -0.220. The molecular formula is C23H21N5O. The monoisotopic (exact) mass is 383 g/mol. The maximum atomic E-state index is 12.4. The van der Waals surface area contributed by atoms with Gasteiger partial charge >= 0.3 is 0 Å². The molecule has 2 heterocycles. The first-order valence-corrected chi connectivity index (χ1v) is 9.55. The maximum Gasteiger partial charge on any atom is 0.257 e. The highest BCUT2D eigenvalue weighted by molar-refractivity contribution is 6.04. The Hall–Kier alpha value is -3.85. The number of rotatable bonds is 4. The van der Waals surface area contributed by atoms with Crippen LogP contribution < -0.4 is 15.1 Å². The maximum absolute atomic E-state index is 12.4. The first kappa shape index (κ1) is 18.5. The van der Waals surface area contributed by atoms with Crippen molar-refractivity contribution in [2.24, 2.45) is 0 Å². The average molecular weight is 383 g/mol. The molecule has 1 aliphatic heterocycles. The predicted octanol–water partition coefficient (Wildman–Crippen LogP) is 3.53. The summed E-state index contributed by atoms with van der Waals surface area (Å²) < 4.78 is 0. The third-order valence-corrected chi connectivity index (χ3v) is 5.01. The van der Waals surface area contributed by atoms with E-state index in [4.69, 9.17) is 5.26 Å². The third kappa shape index (κ3) is 4.36. The molecule has 0 atom stereocenters. The van der Waals surface area contributed by atoms with Gasteiger partial charge in [0.2, 0.25) is 0 Å². The van der Waals surface area contributed by atoms with Gasteiger partial charge in [0, 0.05) is 43.8 Å². The molecule has 0 spiro atoms. The largest absolute Gasteiger partial charge is 0.368 e. The van der Waals surface area contributed by atoms with Gasteiger partial charge in [-0.25, -0.2) is 4.98 Å². The molecule has 6 nitrogen and oxygen atoms in total. The van der Waals surface area contributed by atoms with Gasteiger partial charge in [0.05, 0.1) is 17.2 Å². The Morgan fingerprint density at radius 2 is 1.59 bits per heavy atom. The Labute approximate surface area is 170 Å². The number of anilines is 3. The number of amides is 1. The molecule has 1 amide bonds. The minimum Gasteiger partial charge on any atom is -0.368 e. The number of hydrogen-bond donors (Lipinski definition) is 1. The van der Waals surface area contributed by atoms with Gasteiger partial charge in [0.1, 0.15) is 5.82 Å². The van der Waals surface area contributed by atoms with Crippen LogP contribution in [0.2, 0.25) is 0 Å². The molecule has 6 heteroatoms. The van der Waals surface area contributed by atoms with Crippen molar-refractivity contribution in [3.8, 4) is 6.07 Å². The molecule has 2 aromatic carbocycles. The van der Waals surface area contributed by atoms with Crippen LogP contribution in [-0.4, -0.2) is 37.1 Å². The molecule has 144 valence electrons. The number of para-hydroxylation sites is 1. The van der Waals surface area contributed by atoms with E-state index in [0.29, 0.717) is 16.8 Å². The zero-order valence-electron chi connectivity index (χ0n) is 16.0. The number of aromatic nitrogens is 1. The zero-order chi connectivity index (χ0) is 20.1. The van der Waals surface area contributed by atoms with E-state index in [0.717, 1.165) is 32.0 Å². The van der Waals surface area contributed by atoms with Crippen molar-refractivity contribution in [2.45, 2.75) is 0 Å². The molecule has 0 bridgehead atoms. The standard InChI is InChI=1S/C23H21N5O/c24-16-18-6-9-20(10-7-18)26-23(29)19-8-11-22(25-17-19)28-14-12-27(13-15-28)21-4-2-1-3-5-21/h1-11,17H,12-15H2,(H,26,29). The number of piperazine rings is 1. The molecule has 1 aromatic heterocycles. The van der Waals surface area contributed by atoms with Crippen molar-refractivity contribution >= 4 is 23.1 Å². The van der Waals surface area contributed by atoms with E-state index >= 15 is 0 Å². The van der Waals surface area contributed by atoms with E-state index in [9.17, 15) is 4.79 Å². The summed E-state index contributed by atoms with van der Waals surface area (Å²) in [6.07, 6.45) is 1.61. The van der Waals surface area contributed by atoms with Gasteiger partial charge in [-0.05, 0) is 48.5 Å². The molecule has 0 radical (unpaired) electrons. The third-order valence-electron chi connectivity index (χ3n) is 5.01. The topological polar surface area (TPSA) is 72.3 Å². The molecule has 0 saturated carbocycles. The van der Waals surface area contributed by atoms with Crippen LogP contribution in [0.3, 0.4) is 0 Å². The van der Waals surface area contributed by atoms with Crippen LogP contribution in [0.15, 0.2) is 72.9 Å². The molecule has 0 unspecified atom stereocenters. The van der Waals surface area contributed by atoms with Crippen molar-refractivity contribution < 1.29 is 4.79 Å². The number of nitrogens with one attached hydrogen (secondary N) is 1. The zero-order valence-corrected chi connectivity index (χ0v) is 16.0. The number of pyridine rings is 1. The molecule has 3 aromatic rings. The van der Waals surface area contributed by atoms with E-state index < -0.39 is 0 Å². The Morgan fingerprint density at radius 1 is 0.897 bits per heavy atom. The van der Waals surface area contributed by atoms with Gasteiger partial charge < -0.3 is 15.1 Å². The fourth-order valence-corrected chi connectivity index (χ4v) is 3.37. The molecule has 4 rings (SSSR count). The molecule has 1 fully saturated rings. The smallest absolute Gasteiger partial charge is 0.257 e. The number of nitriles is 1. The second kappa shape index (κ2) is 8.44. The van der Waals surface area contributed by atoms with Crippen LogP contribution >= 0.6 is 0 Å². The van der Waals surface area contributed by atoms with Crippen LogP contribution in [0.25, 0.3) is 0 Å². The van der Waals surface area contributed by atoms with E-state index in [2.05, 4.69) is 50.4 Å². The Morgan fingerprint density at radius 3 is 2.21 bits per heavy atom. The molecule has 1 saturated heterocycles. The highest BCUT2D eigenvalue weighted by Gasteiger charge is 2.18. The summed E-state index contributed by atoms with van der Waals surface area (Å²) in [7, 11) is 0. The fraction of sp³-hybridized carbons (Fsp3) is 0.174. The summed E-state index contributed by atoms with van der Waals surface area (Å²) in [5, 5.41) is 11.7. The van der Waals surface area contributed by atoms with Crippen molar-refractivity contribution in [3.63, 3.8) is 0 Å². The van der Waals surface area contributed by atoms with E-state index in [-0.39, 0.29) is 5.91 Å². The van der Waals surface area contributed by atoms with Crippen LogP contribution in [0.4, 0.5) is 17.2 Å². The predicted molar refractivity (Wildman–Crippen MR) is 114 cm³/mol. The van der Waals surface area contributed by atoms with Crippen molar-refractivity contribution in [1.29, 1.82) is 5.26 Å². The summed E-state index contributed by atoms with van der Waals surface area (Å²) in [5.41, 5.74) is 2.95. The Kier molecular flexibility index (Phi) is 5.39. The van der Waals surface area contributed by atoms with Crippen molar-refractivity contribution in [1.82, 2.24) is 4.98 Å². The van der Waals surface area contributed by atoms with Crippen LogP contribution in [0, 0.1) is 11.3 Å². The van der Waals surface area contributed by atoms with Gasteiger partial charge in [-0.2, -0.15) is 5.26 Å². The summed E-state index contributed by atoms with van der Waals surface area (Å²) in [6.45, 7) is 3.65. The number of hydrogen-bond acceptors (Lipinski definition) is 5. The lowest BCUT2D eigenvalue weighted by Gasteiger charge is -2.36. The average Bonchev–Trinajstić information content (AvgIpc) is 2.80. The SMILES string of the molecule is N#Cc1ccc(NC(=O)c2ccc(N3CCN(c4ccccc4)CC3)nc2)cc1. The Balaban J connectivity index is 1.35. The summed E-state index contributed by atoms with van der Waals surface area (Å²) in [4.78, 5) is 21.5. The number of carbonyl (C=O) groups excluding carboxylic acids is 1. The van der Waals surface area contributed by atoms with Gasteiger partial charge in [-0.15, -0.1) is 0 Å². The second-order valence-corrected chi connectivity index (χ2v) is 6.86. The summed E-state index contributed by atoms with van der Waals surface area (Å²) in [5.74, 6) is 0.662. The van der Waals surface area contributed by atoms with E-state index in [1.54, 1.807) is 36.5 Å². The quantitative estimate of drug-likeness (QED) is 0.746. The lowest BCUT2D eigenvalue weighted by Crippen LogP contribution is -2.46. The van der Waals surface area contributed by atoms with Gasteiger partial charge in [-0.1, -0.05) is 18.2 Å². The van der Waals surface area contributed by atoms with Gasteiger partial charge in [-0.3, -0.25) is 4.79 Å². The normalized spacial score (nSPS) is 13.6. The Bertz CT molecular complexity index is 1000.